The maximum atomic E-state index is 13.5. The molecule has 7 nitrogen and oxygen atoms in total. The normalized spacial score (nSPS) is 11.2. The highest BCUT2D eigenvalue weighted by Gasteiger charge is 2.30. The third-order valence-electron chi connectivity index (χ3n) is 5.56. The maximum Gasteiger partial charge on any atom is 0.416 e. The van der Waals surface area contributed by atoms with E-state index >= 15 is 0 Å². The number of alkyl halides is 3. The zero-order valence-corrected chi connectivity index (χ0v) is 20.2. The lowest BCUT2D eigenvalue weighted by atomic mass is 10.1. The number of anilines is 2. The number of urea groups is 1. The summed E-state index contributed by atoms with van der Waals surface area (Å²) in [5, 5.41) is 9.67. The van der Waals surface area contributed by atoms with E-state index in [1.165, 1.54) is 41.1 Å². The summed E-state index contributed by atoms with van der Waals surface area (Å²) in [6.07, 6.45) is -4.56. The fraction of sp³-hybridized carbons (Fsp3) is 0.148. The minimum atomic E-state index is -4.56. The van der Waals surface area contributed by atoms with Crippen LogP contribution in [0, 0.1) is 5.82 Å². The molecule has 0 atom stereocenters. The molecule has 3 amide bonds. The van der Waals surface area contributed by atoms with Gasteiger partial charge < -0.3 is 15.5 Å². The molecule has 0 saturated heterocycles. The summed E-state index contributed by atoms with van der Waals surface area (Å²) in [6, 6.07) is 19.9. The Kier molecular flexibility index (Phi) is 7.75. The number of amides is 3. The van der Waals surface area contributed by atoms with E-state index in [9.17, 15) is 27.2 Å². The Balaban J connectivity index is 1.51. The number of halogens is 4. The average molecular weight is 526 g/mol. The molecule has 2 N–H and O–H groups in total. The van der Waals surface area contributed by atoms with Crippen LogP contribution in [0.25, 0.3) is 16.9 Å². The van der Waals surface area contributed by atoms with E-state index in [0.29, 0.717) is 11.4 Å². The number of nitrogens with one attached hydrogen (secondary N) is 2. The maximum absolute atomic E-state index is 13.5. The van der Waals surface area contributed by atoms with E-state index in [1.807, 2.05) is 30.3 Å². The Morgan fingerprint density at radius 3 is 2.29 bits per heavy atom. The van der Waals surface area contributed by atoms with Gasteiger partial charge in [-0.15, -0.1) is 0 Å². The zero-order chi connectivity index (χ0) is 27.3. The third-order valence-corrected chi connectivity index (χ3v) is 5.56. The van der Waals surface area contributed by atoms with Crippen LogP contribution in [0.1, 0.15) is 12.5 Å². The van der Waals surface area contributed by atoms with Crippen molar-refractivity contribution < 1.29 is 27.2 Å². The van der Waals surface area contributed by atoms with E-state index in [2.05, 4.69) is 15.7 Å². The smallest absolute Gasteiger partial charge is 0.315 e. The lowest BCUT2D eigenvalue weighted by Gasteiger charge is -2.21. The molecule has 0 aliphatic carbocycles. The van der Waals surface area contributed by atoms with Crippen LogP contribution in [0.4, 0.5) is 33.9 Å². The Morgan fingerprint density at radius 1 is 0.921 bits per heavy atom. The standard InChI is InChI=1S/C27H23F4N5O2/c1-2-35(26(38)32-21-10-6-9-19(15-21)27(29,30)31)17-25(37)33-24-16-23(18-7-4-3-5-8-18)34-36(24)22-13-11-20(28)12-14-22/h3-16H,2,17H2,1H3,(H,32,38)(H,33,37). The molecule has 38 heavy (non-hydrogen) atoms. The quantitative estimate of drug-likeness (QED) is 0.283. The number of carbonyl (C=O) groups excluding carboxylic acids is 2. The summed E-state index contributed by atoms with van der Waals surface area (Å²) >= 11 is 0. The molecular formula is C27H23F4N5O2. The highest BCUT2D eigenvalue weighted by atomic mass is 19.4. The molecule has 0 aliphatic heterocycles. The molecule has 196 valence electrons. The predicted molar refractivity (Wildman–Crippen MR) is 135 cm³/mol. The molecule has 0 unspecified atom stereocenters. The fourth-order valence-corrected chi connectivity index (χ4v) is 3.66. The third kappa shape index (κ3) is 6.36. The van der Waals surface area contributed by atoms with Crippen LogP contribution < -0.4 is 10.6 Å². The molecule has 0 saturated carbocycles. The van der Waals surface area contributed by atoms with Gasteiger partial charge in [-0.1, -0.05) is 36.4 Å². The van der Waals surface area contributed by atoms with Crippen molar-refractivity contribution in [3.05, 3.63) is 96.3 Å². The highest BCUT2D eigenvalue weighted by Crippen LogP contribution is 2.31. The molecule has 1 aromatic heterocycles. The number of nitrogens with zero attached hydrogens (tertiary/aromatic N) is 3. The number of benzene rings is 3. The van der Waals surface area contributed by atoms with E-state index < -0.39 is 29.5 Å². The first kappa shape index (κ1) is 26.4. The van der Waals surface area contributed by atoms with Crippen LogP contribution in [-0.2, 0) is 11.0 Å². The molecule has 0 fully saturated rings. The van der Waals surface area contributed by atoms with Gasteiger partial charge >= 0.3 is 12.2 Å². The number of hydrogen-bond acceptors (Lipinski definition) is 3. The van der Waals surface area contributed by atoms with Crippen LogP contribution in [0.3, 0.4) is 0 Å². The SMILES string of the molecule is CCN(CC(=O)Nc1cc(-c2ccccc2)nn1-c1ccc(F)cc1)C(=O)Nc1cccc(C(F)(F)F)c1. The molecule has 0 bridgehead atoms. The summed E-state index contributed by atoms with van der Waals surface area (Å²) in [5.41, 5.74) is 0.892. The average Bonchev–Trinajstić information content (AvgIpc) is 3.31. The van der Waals surface area contributed by atoms with Gasteiger partial charge in [0, 0.05) is 23.9 Å². The minimum Gasteiger partial charge on any atom is -0.315 e. The van der Waals surface area contributed by atoms with E-state index in [0.717, 1.165) is 22.6 Å². The number of rotatable bonds is 7. The van der Waals surface area contributed by atoms with Crippen molar-refractivity contribution in [1.29, 1.82) is 0 Å². The Hall–Kier alpha value is -4.67. The summed E-state index contributed by atoms with van der Waals surface area (Å²) in [4.78, 5) is 26.8. The topological polar surface area (TPSA) is 79.3 Å². The summed E-state index contributed by atoms with van der Waals surface area (Å²) in [6.45, 7) is 1.37. The van der Waals surface area contributed by atoms with Gasteiger partial charge in [0.25, 0.3) is 0 Å². The molecule has 0 radical (unpaired) electrons. The van der Waals surface area contributed by atoms with Crippen molar-refractivity contribution in [3.63, 3.8) is 0 Å². The van der Waals surface area contributed by atoms with Crippen molar-refractivity contribution in [2.75, 3.05) is 23.7 Å². The predicted octanol–water partition coefficient (Wildman–Crippen LogP) is 6.19. The second kappa shape index (κ2) is 11.2. The van der Waals surface area contributed by atoms with Crippen molar-refractivity contribution in [2.24, 2.45) is 0 Å². The molecule has 3 aromatic carbocycles. The monoisotopic (exact) mass is 525 g/mol. The number of hydrogen-bond donors (Lipinski definition) is 2. The van der Waals surface area contributed by atoms with Crippen LogP contribution >= 0.6 is 0 Å². The van der Waals surface area contributed by atoms with Crippen molar-refractivity contribution in [2.45, 2.75) is 13.1 Å². The summed E-state index contributed by atoms with van der Waals surface area (Å²) < 4.78 is 53.9. The minimum absolute atomic E-state index is 0.0504. The molecule has 11 heteroatoms. The van der Waals surface area contributed by atoms with Crippen molar-refractivity contribution in [3.8, 4) is 16.9 Å². The van der Waals surface area contributed by atoms with Gasteiger partial charge in [0.05, 0.1) is 16.9 Å². The van der Waals surface area contributed by atoms with E-state index in [1.54, 1.807) is 13.0 Å². The second-order valence-corrected chi connectivity index (χ2v) is 8.24. The first-order valence-electron chi connectivity index (χ1n) is 11.6. The van der Waals surface area contributed by atoms with Crippen molar-refractivity contribution in [1.82, 2.24) is 14.7 Å². The van der Waals surface area contributed by atoms with Crippen LogP contribution in [0.15, 0.2) is 84.9 Å². The summed E-state index contributed by atoms with van der Waals surface area (Å²) in [5.74, 6) is -0.705. The Bertz CT molecular complexity index is 1420. The first-order valence-corrected chi connectivity index (χ1v) is 11.6. The van der Waals surface area contributed by atoms with Gasteiger partial charge in [-0.05, 0) is 49.4 Å². The molecule has 4 aromatic rings. The lowest BCUT2D eigenvalue weighted by molar-refractivity contribution is -0.137. The van der Waals surface area contributed by atoms with Crippen LogP contribution in [0.5, 0.6) is 0 Å². The van der Waals surface area contributed by atoms with Crippen LogP contribution in [-0.4, -0.2) is 39.7 Å². The summed E-state index contributed by atoms with van der Waals surface area (Å²) in [7, 11) is 0. The number of likely N-dealkylation sites (N-methyl/N-ethyl adjacent to an activating group) is 1. The molecule has 1 heterocycles. The Labute approximate surface area is 215 Å². The van der Waals surface area contributed by atoms with Gasteiger partial charge in [0.15, 0.2) is 0 Å². The van der Waals surface area contributed by atoms with Gasteiger partial charge in [-0.2, -0.15) is 18.3 Å². The molecule has 0 aliphatic rings. The second-order valence-electron chi connectivity index (χ2n) is 8.24. The van der Waals surface area contributed by atoms with Gasteiger partial charge in [0.2, 0.25) is 5.91 Å². The van der Waals surface area contributed by atoms with E-state index in [4.69, 9.17) is 0 Å². The lowest BCUT2D eigenvalue weighted by Crippen LogP contribution is -2.40. The molecule has 4 rings (SSSR count). The van der Waals surface area contributed by atoms with Crippen molar-refractivity contribution >= 4 is 23.4 Å². The number of carbonyl (C=O) groups is 2. The molecular weight excluding hydrogens is 502 g/mol. The Morgan fingerprint density at radius 2 is 1.63 bits per heavy atom. The number of aromatic nitrogens is 2. The largest absolute Gasteiger partial charge is 0.416 e. The van der Waals surface area contributed by atoms with Gasteiger partial charge in [-0.3, -0.25) is 4.79 Å². The van der Waals surface area contributed by atoms with Gasteiger partial charge in [0.1, 0.15) is 18.2 Å². The van der Waals surface area contributed by atoms with Gasteiger partial charge in [-0.25, -0.2) is 13.9 Å². The van der Waals surface area contributed by atoms with Crippen LogP contribution in [0.2, 0.25) is 0 Å². The molecule has 0 spiro atoms. The zero-order valence-electron chi connectivity index (χ0n) is 20.2. The highest BCUT2D eigenvalue weighted by molar-refractivity contribution is 5.97. The van der Waals surface area contributed by atoms with E-state index in [-0.39, 0.29) is 24.6 Å². The first-order chi connectivity index (χ1) is 18.1. The fourth-order valence-electron chi connectivity index (χ4n) is 3.66.